The molecule has 0 bridgehead atoms. The number of carbonyl (C=O) groups excluding carboxylic acids is 2. The summed E-state index contributed by atoms with van der Waals surface area (Å²) in [5.74, 6) is -1.06. The summed E-state index contributed by atoms with van der Waals surface area (Å²) < 4.78 is 45.4. The third kappa shape index (κ3) is 4.51. The van der Waals surface area contributed by atoms with Gasteiger partial charge < -0.3 is 20.7 Å². The minimum atomic E-state index is -4.70. The largest absolute Gasteiger partial charge is 0.418 e. The lowest BCUT2D eigenvalue weighted by atomic mass is 10.1. The van der Waals surface area contributed by atoms with E-state index < -0.39 is 29.6 Å². The van der Waals surface area contributed by atoms with Gasteiger partial charge in [0.15, 0.2) is 0 Å². The van der Waals surface area contributed by atoms with Gasteiger partial charge in [0.05, 0.1) is 17.9 Å². The van der Waals surface area contributed by atoms with Crippen molar-refractivity contribution in [3.8, 4) is 0 Å². The van der Waals surface area contributed by atoms with Crippen LogP contribution in [0.1, 0.15) is 5.56 Å². The molecule has 0 aliphatic carbocycles. The number of alkyl halides is 3. The summed E-state index contributed by atoms with van der Waals surface area (Å²) in [6.07, 6.45) is -4.70. The van der Waals surface area contributed by atoms with Crippen molar-refractivity contribution in [2.75, 3.05) is 50.6 Å². The van der Waals surface area contributed by atoms with E-state index in [1.54, 1.807) is 14.1 Å². The molecule has 0 radical (unpaired) electrons. The molecule has 0 saturated carbocycles. The van der Waals surface area contributed by atoms with E-state index in [0.29, 0.717) is 0 Å². The molecule has 2 amide bonds. The quantitative estimate of drug-likeness (QED) is 0.800. The topological polar surface area (TPSA) is 87.9 Å². The highest BCUT2D eigenvalue weighted by atomic mass is 19.4. The van der Waals surface area contributed by atoms with Crippen LogP contribution in [0, 0.1) is 0 Å². The molecule has 26 heavy (non-hydrogen) atoms. The molecule has 1 aliphatic heterocycles. The average molecular weight is 374 g/mol. The summed E-state index contributed by atoms with van der Waals surface area (Å²) in [4.78, 5) is 26.8. The number of likely N-dealkylation sites (N-methyl/N-ethyl adjacent to an activating group) is 1. The normalized spacial score (nSPS) is 16.7. The minimum absolute atomic E-state index is 0.0411. The fourth-order valence-corrected chi connectivity index (χ4v) is 2.60. The second-order valence-electron chi connectivity index (χ2n) is 6.03. The number of anilines is 2. The number of hydrogen-bond acceptors (Lipinski definition) is 5. The van der Waals surface area contributed by atoms with Crippen molar-refractivity contribution in [1.29, 1.82) is 0 Å². The molecule has 10 heteroatoms. The number of halogens is 3. The van der Waals surface area contributed by atoms with Crippen molar-refractivity contribution in [3.05, 3.63) is 23.8 Å². The van der Waals surface area contributed by atoms with Gasteiger partial charge in [0, 0.05) is 18.8 Å². The molecule has 1 atom stereocenters. The van der Waals surface area contributed by atoms with Crippen molar-refractivity contribution >= 4 is 23.2 Å². The van der Waals surface area contributed by atoms with E-state index in [4.69, 9.17) is 10.5 Å². The van der Waals surface area contributed by atoms with Gasteiger partial charge in [0.1, 0.15) is 12.6 Å². The monoisotopic (exact) mass is 374 g/mol. The first kappa shape index (κ1) is 20.1. The van der Waals surface area contributed by atoms with E-state index >= 15 is 0 Å². The number of hydrogen-bond donors (Lipinski definition) is 2. The van der Waals surface area contributed by atoms with Crippen molar-refractivity contribution in [2.24, 2.45) is 5.73 Å². The van der Waals surface area contributed by atoms with Crippen LogP contribution in [0.4, 0.5) is 24.5 Å². The van der Waals surface area contributed by atoms with Crippen LogP contribution in [0.5, 0.6) is 0 Å². The Hall–Kier alpha value is -2.17. The maximum Gasteiger partial charge on any atom is 0.418 e. The third-order valence-corrected chi connectivity index (χ3v) is 4.01. The smallest absolute Gasteiger partial charge is 0.370 e. The minimum Gasteiger partial charge on any atom is -0.370 e. The average Bonchev–Trinajstić information content (AvgIpc) is 2.55. The van der Waals surface area contributed by atoms with Crippen LogP contribution in [0.25, 0.3) is 0 Å². The van der Waals surface area contributed by atoms with E-state index in [1.807, 2.05) is 0 Å². The first-order chi connectivity index (χ1) is 12.1. The van der Waals surface area contributed by atoms with Crippen LogP contribution < -0.4 is 16.0 Å². The second kappa shape index (κ2) is 8.02. The summed E-state index contributed by atoms with van der Waals surface area (Å²) in [5, 5.41) is 2.28. The standard InChI is InChI=1S/C16H21F3N4O3/c1-22(2)13(8-20)15(25)21-12-4-3-10(7-11(12)16(17,18)19)23-5-6-26-9-14(23)24/h3-4,7,13H,5-6,8-9,20H2,1-2H3,(H,21,25)/t13-/m1/s1. The molecule has 0 unspecified atom stereocenters. The Morgan fingerprint density at radius 3 is 2.65 bits per heavy atom. The highest BCUT2D eigenvalue weighted by Gasteiger charge is 2.36. The lowest BCUT2D eigenvalue weighted by molar-refractivity contribution is -0.137. The summed E-state index contributed by atoms with van der Waals surface area (Å²) in [6, 6.07) is 2.59. The number of carbonyl (C=O) groups is 2. The van der Waals surface area contributed by atoms with Crippen molar-refractivity contribution in [1.82, 2.24) is 4.90 Å². The van der Waals surface area contributed by atoms with Crippen LogP contribution in [0.3, 0.4) is 0 Å². The van der Waals surface area contributed by atoms with E-state index in [0.717, 1.165) is 12.1 Å². The number of nitrogens with one attached hydrogen (secondary N) is 1. The van der Waals surface area contributed by atoms with Crippen LogP contribution >= 0.6 is 0 Å². The molecule has 7 nitrogen and oxygen atoms in total. The predicted molar refractivity (Wildman–Crippen MR) is 89.8 cm³/mol. The Morgan fingerprint density at radius 1 is 1.42 bits per heavy atom. The molecular formula is C16H21F3N4O3. The first-order valence-electron chi connectivity index (χ1n) is 7.92. The molecule has 1 heterocycles. The van der Waals surface area contributed by atoms with Crippen molar-refractivity contribution in [2.45, 2.75) is 12.2 Å². The van der Waals surface area contributed by atoms with Gasteiger partial charge in [0.2, 0.25) is 5.91 Å². The lowest BCUT2D eigenvalue weighted by Gasteiger charge is -2.28. The molecular weight excluding hydrogens is 353 g/mol. The zero-order valence-corrected chi connectivity index (χ0v) is 14.5. The zero-order chi connectivity index (χ0) is 19.5. The van der Waals surface area contributed by atoms with Gasteiger partial charge in [-0.3, -0.25) is 14.5 Å². The van der Waals surface area contributed by atoms with Gasteiger partial charge in [-0.25, -0.2) is 0 Å². The Bertz CT molecular complexity index is 679. The molecule has 3 N–H and O–H groups in total. The second-order valence-corrected chi connectivity index (χ2v) is 6.03. The fourth-order valence-electron chi connectivity index (χ4n) is 2.60. The highest BCUT2D eigenvalue weighted by Crippen LogP contribution is 2.37. The summed E-state index contributed by atoms with van der Waals surface area (Å²) >= 11 is 0. The maximum atomic E-state index is 13.5. The van der Waals surface area contributed by atoms with Gasteiger partial charge in [-0.2, -0.15) is 13.2 Å². The van der Waals surface area contributed by atoms with Crippen LogP contribution in [0.15, 0.2) is 18.2 Å². The molecule has 0 aromatic heterocycles. The van der Waals surface area contributed by atoms with Gasteiger partial charge in [0.25, 0.3) is 5.91 Å². The van der Waals surface area contributed by atoms with Crippen LogP contribution in [-0.2, 0) is 20.5 Å². The summed E-state index contributed by atoms with van der Waals surface area (Å²) in [6.45, 7) is 0.186. The molecule has 2 rings (SSSR count). The number of nitrogens with zero attached hydrogens (tertiary/aromatic N) is 2. The molecule has 1 aromatic carbocycles. The van der Waals surface area contributed by atoms with Crippen LogP contribution in [-0.4, -0.2) is 63.2 Å². The number of nitrogens with two attached hydrogens (primary N) is 1. The van der Waals surface area contributed by atoms with Crippen LogP contribution in [0.2, 0.25) is 0 Å². The molecule has 1 aliphatic rings. The molecule has 1 fully saturated rings. The SMILES string of the molecule is CN(C)[C@H](CN)C(=O)Nc1ccc(N2CCOCC2=O)cc1C(F)(F)F. The van der Waals surface area contributed by atoms with Crippen molar-refractivity contribution in [3.63, 3.8) is 0 Å². The number of benzene rings is 1. The van der Waals surface area contributed by atoms with Gasteiger partial charge in [-0.05, 0) is 32.3 Å². The van der Waals surface area contributed by atoms with E-state index in [1.165, 1.54) is 15.9 Å². The molecule has 1 aromatic rings. The zero-order valence-electron chi connectivity index (χ0n) is 14.5. The van der Waals surface area contributed by atoms with E-state index in [2.05, 4.69) is 5.32 Å². The summed E-state index contributed by atoms with van der Waals surface area (Å²) in [7, 11) is 3.21. The Morgan fingerprint density at radius 2 is 2.12 bits per heavy atom. The third-order valence-electron chi connectivity index (χ3n) is 4.01. The number of ether oxygens (including phenoxy) is 1. The molecule has 144 valence electrons. The van der Waals surface area contributed by atoms with Gasteiger partial charge in [-0.15, -0.1) is 0 Å². The lowest BCUT2D eigenvalue weighted by Crippen LogP contribution is -2.45. The predicted octanol–water partition coefficient (Wildman–Crippen LogP) is 0.896. The number of amides is 2. The Labute approximate surface area is 148 Å². The summed E-state index contributed by atoms with van der Waals surface area (Å²) in [5.41, 5.74) is 4.20. The van der Waals surface area contributed by atoms with E-state index in [9.17, 15) is 22.8 Å². The van der Waals surface area contributed by atoms with Gasteiger partial charge >= 0.3 is 6.18 Å². The Kier molecular flexibility index (Phi) is 6.21. The molecule has 0 spiro atoms. The molecule has 1 saturated heterocycles. The van der Waals surface area contributed by atoms with E-state index in [-0.39, 0.29) is 37.7 Å². The maximum absolute atomic E-state index is 13.5. The first-order valence-corrected chi connectivity index (χ1v) is 7.92. The number of rotatable bonds is 5. The number of morpholine rings is 1. The Balaban J connectivity index is 2.35. The highest BCUT2D eigenvalue weighted by molar-refractivity contribution is 5.97. The van der Waals surface area contributed by atoms with Crippen molar-refractivity contribution < 1.29 is 27.5 Å². The fraction of sp³-hybridized carbons (Fsp3) is 0.500. The van der Waals surface area contributed by atoms with Gasteiger partial charge in [-0.1, -0.05) is 0 Å².